The van der Waals surface area contributed by atoms with Crippen molar-refractivity contribution in [3.8, 4) is 0 Å². The molecule has 0 spiro atoms. The van der Waals surface area contributed by atoms with Gasteiger partial charge >= 0.3 is 5.97 Å². The fraction of sp³-hybridized carbons (Fsp3) is 0.429. The van der Waals surface area contributed by atoms with Gasteiger partial charge < -0.3 is 10.1 Å². The summed E-state index contributed by atoms with van der Waals surface area (Å²) in [4.78, 5) is 50.3. The van der Waals surface area contributed by atoms with E-state index >= 15 is 0 Å². The molecule has 1 aliphatic heterocycles. The van der Waals surface area contributed by atoms with Crippen molar-refractivity contribution < 1.29 is 23.9 Å². The van der Waals surface area contributed by atoms with Crippen LogP contribution in [-0.2, 0) is 23.9 Å². The Morgan fingerprint density at radius 3 is 2.32 bits per heavy atom. The van der Waals surface area contributed by atoms with E-state index in [0.717, 1.165) is 16.0 Å². The van der Waals surface area contributed by atoms with Gasteiger partial charge in [-0.25, -0.2) is 0 Å². The summed E-state index contributed by atoms with van der Waals surface area (Å²) in [7, 11) is 0. The van der Waals surface area contributed by atoms with Crippen LogP contribution in [0.3, 0.4) is 0 Å². The smallest absolute Gasteiger partial charge is 0.326 e. The first-order chi connectivity index (χ1) is 13.3. The normalized spacial score (nSPS) is 22.0. The number of nitrogens with one attached hydrogen (secondary N) is 1. The Balaban J connectivity index is 1.56. The third kappa shape index (κ3) is 3.98. The van der Waals surface area contributed by atoms with Crippen LogP contribution < -0.4 is 5.32 Å². The van der Waals surface area contributed by atoms with Crippen molar-refractivity contribution in [1.29, 1.82) is 0 Å². The molecule has 1 aromatic rings. The van der Waals surface area contributed by atoms with Gasteiger partial charge in [0.15, 0.2) is 6.10 Å². The van der Waals surface area contributed by atoms with Crippen molar-refractivity contribution in [3.63, 3.8) is 0 Å². The molecule has 1 aromatic carbocycles. The molecule has 1 fully saturated rings. The number of carbonyl (C=O) groups excluding carboxylic acids is 4. The van der Waals surface area contributed by atoms with Crippen LogP contribution in [0.5, 0.6) is 0 Å². The van der Waals surface area contributed by atoms with Crippen LogP contribution in [0.2, 0.25) is 0 Å². The number of nitrogens with zero attached hydrogens (tertiary/aromatic N) is 1. The summed E-state index contributed by atoms with van der Waals surface area (Å²) in [5, 5.41) is 2.72. The zero-order chi connectivity index (χ0) is 20.4. The number of allylic oxidation sites excluding steroid dienone is 2. The number of ether oxygens (including phenoxy) is 1. The number of esters is 1. The molecule has 0 saturated carbocycles. The predicted molar refractivity (Wildman–Crippen MR) is 102 cm³/mol. The van der Waals surface area contributed by atoms with Crippen LogP contribution in [0.4, 0.5) is 5.69 Å². The summed E-state index contributed by atoms with van der Waals surface area (Å²) < 4.78 is 5.15. The Kier molecular flexibility index (Phi) is 5.63. The molecule has 1 aliphatic carbocycles. The zero-order valence-corrected chi connectivity index (χ0v) is 16.2. The van der Waals surface area contributed by atoms with Crippen molar-refractivity contribution in [2.75, 3.05) is 11.9 Å². The van der Waals surface area contributed by atoms with Gasteiger partial charge in [-0.3, -0.25) is 24.1 Å². The molecule has 3 atom stereocenters. The molecule has 148 valence electrons. The summed E-state index contributed by atoms with van der Waals surface area (Å²) in [6.45, 7) is 4.81. The summed E-state index contributed by atoms with van der Waals surface area (Å²) >= 11 is 0. The topological polar surface area (TPSA) is 92.8 Å². The number of fused-ring (bicyclic) bond motifs is 1. The molecule has 2 aliphatic rings. The second kappa shape index (κ2) is 7.96. The molecular formula is C21H24N2O5. The van der Waals surface area contributed by atoms with Gasteiger partial charge in [-0.05, 0) is 45.2 Å². The number of imide groups is 1. The van der Waals surface area contributed by atoms with Gasteiger partial charge in [0, 0.05) is 5.69 Å². The van der Waals surface area contributed by atoms with E-state index < -0.39 is 36.4 Å². The molecule has 7 heteroatoms. The number of amides is 3. The molecule has 3 rings (SSSR count). The molecule has 28 heavy (non-hydrogen) atoms. The van der Waals surface area contributed by atoms with E-state index in [-0.39, 0.29) is 11.8 Å². The van der Waals surface area contributed by atoms with Gasteiger partial charge in [-0.15, -0.1) is 0 Å². The maximum atomic E-state index is 12.4. The number of carbonyl (C=O) groups is 4. The maximum absolute atomic E-state index is 12.4. The lowest BCUT2D eigenvalue weighted by atomic mass is 9.85. The van der Waals surface area contributed by atoms with Crippen LogP contribution in [0, 0.1) is 25.7 Å². The lowest BCUT2D eigenvalue weighted by Gasteiger charge is -2.17. The number of benzene rings is 1. The van der Waals surface area contributed by atoms with E-state index in [9.17, 15) is 19.2 Å². The Bertz CT molecular complexity index is 834. The molecule has 1 saturated heterocycles. The third-order valence-corrected chi connectivity index (χ3v) is 5.20. The highest BCUT2D eigenvalue weighted by Crippen LogP contribution is 2.34. The molecule has 0 bridgehead atoms. The predicted octanol–water partition coefficient (Wildman–Crippen LogP) is 2.12. The maximum Gasteiger partial charge on any atom is 0.326 e. The Hall–Kier alpha value is -2.96. The minimum atomic E-state index is -1.05. The van der Waals surface area contributed by atoms with Crippen LogP contribution in [0.25, 0.3) is 0 Å². The van der Waals surface area contributed by atoms with Gasteiger partial charge in [0.2, 0.25) is 11.8 Å². The minimum Gasteiger partial charge on any atom is -0.451 e. The first kappa shape index (κ1) is 19.8. The molecule has 3 amide bonds. The molecule has 7 nitrogen and oxygen atoms in total. The van der Waals surface area contributed by atoms with Crippen LogP contribution in [0.1, 0.15) is 30.9 Å². The largest absolute Gasteiger partial charge is 0.451 e. The van der Waals surface area contributed by atoms with Crippen LogP contribution in [-0.4, -0.2) is 41.2 Å². The van der Waals surface area contributed by atoms with Crippen LogP contribution >= 0.6 is 0 Å². The SMILES string of the molecule is Cc1ccc(NC(=O)[C@@H](C)OC(=O)CN2C(=O)[C@H]3CC=CC[C@@H]3C2=O)c(C)c1. The third-order valence-electron chi connectivity index (χ3n) is 5.20. The first-order valence-electron chi connectivity index (χ1n) is 9.35. The highest BCUT2D eigenvalue weighted by molar-refractivity contribution is 6.07. The first-order valence-corrected chi connectivity index (χ1v) is 9.35. The van der Waals surface area contributed by atoms with Crippen molar-refractivity contribution in [2.24, 2.45) is 11.8 Å². The Morgan fingerprint density at radius 1 is 1.14 bits per heavy atom. The standard InChI is InChI=1S/C21H24N2O5/c1-12-8-9-17(13(2)10-12)22-19(25)14(3)28-18(24)11-23-20(26)15-6-4-5-7-16(15)21(23)27/h4-5,8-10,14-16H,6-7,11H2,1-3H3,(H,22,25)/t14-,15+,16+/m1/s1. The van der Waals surface area contributed by atoms with E-state index in [0.29, 0.717) is 18.5 Å². The fourth-order valence-electron chi connectivity index (χ4n) is 3.63. The molecule has 1 heterocycles. The molecule has 0 radical (unpaired) electrons. The number of hydrogen-bond donors (Lipinski definition) is 1. The van der Waals surface area contributed by atoms with Crippen molar-refractivity contribution >= 4 is 29.4 Å². The number of anilines is 1. The number of hydrogen-bond acceptors (Lipinski definition) is 5. The summed E-state index contributed by atoms with van der Waals surface area (Å²) in [5.74, 6) is -2.73. The van der Waals surface area contributed by atoms with Crippen LogP contribution in [0.15, 0.2) is 30.4 Å². The average molecular weight is 384 g/mol. The highest BCUT2D eigenvalue weighted by atomic mass is 16.5. The van der Waals surface area contributed by atoms with E-state index in [2.05, 4.69) is 5.32 Å². The van der Waals surface area contributed by atoms with Gasteiger partial charge in [-0.1, -0.05) is 29.8 Å². The van der Waals surface area contributed by atoms with Gasteiger partial charge in [0.25, 0.3) is 5.91 Å². The highest BCUT2D eigenvalue weighted by Gasteiger charge is 2.47. The van der Waals surface area contributed by atoms with Crippen molar-refractivity contribution in [1.82, 2.24) is 4.90 Å². The quantitative estimate of drug-likeness (QED) is 0.477. The summed E-state index contributed by atoms with van der Waals surface area (Å²) in [6, 6.07) is 5.60. The monoisotopic (exact) mass is 384 g/mol. The van der Waals surface area contributed by atoms with E-state index in [1.54, 1.807) is 6.07 Å². The second-order valence-electron chi connectivity index (χ2n) is 7.36. The number of rotatable bonds is 5. The Labute approximate surface area is 163 Å². The minimum absolute atomic E-state index is 0.344. The summed E-state index contributed by atoms with van der Waals surface area (Å²) in [6.07, 6.45) is 3.73. The molecular weight excluding hydrogens is 360 g/mol. The van der Waals surface area contributed by atoms with Crippen molar-refractivity contribution in [3.05, 3.63) is 41.5 Å². The lowest BCUT2D eigenvalue weighted by Crippen LogP contribution is -2.39. The van der Waals surface area contributed by atoms with E-state index in [4.69, 9.17) is 4.74 Å². The Morgan fingerprint density at radius 2 is 1.75 bits per heavy atom. The molecule has 0 unspecified atom stereocenters. The number of aryl methyl sites for hydroxylation is 2. The van der Waals surface area contributed by atoms with Gasteiger partial charge in [0.05, 0.1) is 11.8 Å². The fourth-order valence-corrected chi connectivity index (χ4v) is 3.63. The lowest BCUT2D eigenvalue weighted by molar-refractivity contribution is -0.158. The van der Waals surface area contributed by atoms with E-state index in [1.165, 1.54) is 6.92 Å². The van der Waals surface area contributed by atoms with Gasteiger partial charge in [0.1, 0.15) is 6.54 Å². The molecule has 0 aromatic heterocycles. The summed E-state index contributed by atoms with van der Waals surface area (Å²) in [5.41, 5.74) is 2.61. The van der Waals surface area contributed by atoms with E-state index in [1.807, 2.05) is 38.1 Å². The second-order valence-corrected chi connectivity index (χ2v) is 7.36. The number of likely N-dealkylation sites (tertiary alicyclic amines) is 1. The molecule has 1 N–H and O–H groups in total. The van der Waals surface area contributed by atoms with Crippen molar-refractivity contribution in [2.45, 2.75) is 39.7 Å². The van der Waals surface area contributed by atoms with Gasteiger partial charge in [-0.2, -0.15) is 0 Å². The average Bonchev–Trinajstić information content (AvgIpc) is 2.89. The zero-order valence-electron chi connectivity index (χ0n) is 16.2.